The van der Waals surface area contributed by atoms with Crippen LogP contribution in [-0.2, 0) is 0 Å². The molecule has 0 aromatic heterocycles. The lowest BCUT2D eigenvalue weighted by Gasteiger charge is -2.17. The standard InChI is InChI=1S/C9H8ClF2N3O2/c10-4-1-2-5(11)7(8(4)12)9(17)6(16)3-14-15-13/h1-2,6,9,16-17H,3H2. The Labute approximate surface area is 99.9 Å². The van der Waals surface area contributed by atoms with Gasteiger partial charge < -0.3 is 10.2 Å². The third-order valence-electron chi connectivity index (χ3n) is 2.07. The summed E-state index contributed by atoms with van der Waals surface area (Å²) in [5.74, 6) is -2.20. The van der Waals surface area contributed by atoms with Crippen LogP contribution in [0.1, 0.15) is 11.7 Å². The SMILES string of the molecule is [N-]=[N+]=NCC(O)C(O)c1c(F)ccc(Cl)c1F. The molecule has 1 rings (SSSR count). The molecule has 17 heavy (non-hydrogen) atoms. The summed E-state index contributed by atoms with van der Waals surface area (Å²) in [4.78, 5) is 2.35. The molecular weight excluding hydrogens is 256 g/mol. The van der Waals surface area contributed by atoms with Gasteiger partial charge in [0.25, 0.3) is 0 Å². The Morgan fingerprint density at radius 1 is 1.41 bits per heavy atom. The molecule has 0 saturated carbocycles. The van der Waals surface area contributed by atoms with E-state index in [1.165, 1.54) is 0 Å². The monoisotopic (exact) mass is 263 g/mol. The molecule has 1 aromatic rings. The van der Waals surface area contributed by atoms with Crippen LogP contribution in [0.2, 0.25) is 5.02 Å². The van der Waals surface area contributed by atoms with E-state index in [4.69, 9.17) is 17.1 Å². The summed E-state index contributed by atoms with van der Waals surface area (Å²) in [5.41, 5.74) is 7.27. The minimum absolute atomic E-state index is 0.378. The molecule has 0 bridgehead atoms. The van der Waals surface area contributed by atoms with Gasteiger partial charge in [0.05, 0.1) is 23.2 Å². The van der Waals surface area contributed by atoms with E-state index in [-0.39, 0.29) is 5.02 Å². The topological polar surface area (TPSA) is 89.2 Å². The van der Waals surface area contributed by atoms with E-state index >= 15 is 0 Å². The second kappa shape index (κ2) is 5.79. The fraction of sp³-hybridized carbons (Fsp3) is 0.333. The fourth-order valence-corrected chi connectivity index (χ4v) is 1.39. The van der Waals surface area contributed by atoms with Crippen LogP contribution < -0.4 is 0 Å². The molecule has 0 spiro atoms. The summed E-state index contributed by atoms with van der Waals surface area (Å²) >= 11 is 5.42. The van der Waals surface area contributed by atoms with Crippen LogP contribution in [0.3, 0.4) is 0 Å². The highest BCUT2D eigenvalue weighted by Gasteiger charge is 2.25. The molecule has 0 aliphatic heterocycles. The van der Waals surface area contributed by atoms with Crippen molar-refractivity contribution < 1.29 is 19.0 Å². The summed E-state index contributed by atoms with van der Waals surface area (Å²) in [7, 11) is 0. The lowest BCUT2D eigenvalue weighted by molar-refractivity contribution is 0.0200. The number of hydrogen-bond donors (Lipinski definition) is 2. The van der Waals surface area contributed by atoms with E-state index in [1.54, 1.807) is 0 Å². The van der Waals surface area contributed by atoms with Crippen LogP contribution in [0, 0.1) is 11.6 Å². The third-order valence-corrected chi connectivity index (χ3v) is 2.36. The summed E-state index contributed by atoms with van der Waals surface area (Å²) in [5, 5.41) is 21.5. The molecule has 92 valence electrons. The lowest BCUT2D eigenvalue weighted by Crippen LogP contribution is -2.23. The highest BCUT2D eigenvalue weighted by molar-refractivity contribution is 6.30. The summed E-state index contributed by atoms with van der Waals surface area (Å²) < 4.78 is 26.7. The van der Waals surface area contributed by atoms with Crippen LogP contribution >= 0.6 is 11.6 Å². The Morgan fingerprint density at radius 3 is 2.65 bits per heavy atom. The Balaban J connectivity index is 3.06. The zero-order valence-corrected chi connectivity index (χ0v) is 9.14. The van der Waals surface area contributed by atoms with Crippen LogP contribution in [0.5, 0.6) is 0 Å². The maximum atomic E-state index is 13.4. The average Bonchev–Trinajstić information content (AvgIpc) is 2.31. The number of benzene rings is 1. The first-order valence-electron chi connectivity index (χ1n) is 4.49. The van der Waals surface area contributed by atoms with Gasteiger partial charge in [0.15, 0.2) is 5.82 Å². The highest BCUT2D eigenvalue weighted by atomic mass is 35.5. The van der Waals surface area contributed by atoms with Crippen molar-refractivity contribution in [2.75, 3.05) is 6.54 Å². The Morgan fingerprint density at radius 2 is 2.06 bits per heavy atom. The Kier molecular flexibility index (Phi) is 4.65. The molecule has 2 atom stereocenters. The normalized spacial score (nSPS) is 13.9. The quantitative estimate of drug-likeness (QED) is 0.378. The fourth-order valence-electron chi connectivity index (χ4n) is 1.23. The molecule has 1 aromatic carbocycles. The zero-order valence-electron chi connectivity index (χ0n) is 8.39. The van der Waals surface area contributed by atoms with Gasteiger partial charge in [-0.05, 0) is 17.7 Å². The average molecular weight is 264 g/mol. The summed E-state index contributed by atoms with van der Waals surface area (Å²) in [6.45, 7) is -0.511. The van der Waals surface area contributed by atoms with Gasteiger partial charge in [0.1, 0.15) is 11.9 Å². The van der Waals surface area contributed by atoms with Gasteiger partial charge in [-0.1, -0.05) is 16.7 Å². The zero-order chi connectivity index (χ0) is 13.0. The number of azide groups is 1. The Bertz CT molecular complexity index is 466. The van der Waals surface area contributed by atoms with Gasteiger partial charge in [-0.2, -0.15) is 0 Å². The minimum atomic E-state index is -1.86. The summed E-state index contributed by atoms with van der Waals surface area (Å²) in [6.07, 6.45) is -3.48. The number of aliphatic hydroxyl groups excluding tert-OH is 2. The maximum absolute atomic E-state index is 13.4. The molecule has 0 amide bonds. The van der Waals surface area contributed by atoms with Crippen LogP contribution in [-0.4, -0.2) is 22.9 Å². The van der Waals surface area contributed by atoms with Gasteiger partial charge in [-0.15, -0.1) is 0 Å². The maximum Gasteiger partial charge on any atom is 0.150 e. The van der Waals surface area contributed by atoms with E-state index in [2.05, 4.69) is 10.0 Å². The minimum Gasteiger partial charge on any atom is -0.390 e. The molecule has 0 aliphatic rings. The van der Waals surface area contributed by atoms with E-state index in [0.717, 1.165) is 12.1 Å². The number of nitrogens with zero attached hydrogens (tertiary/aromatic N) is 3. The lowest BCUT2D eigenvalue weighted by atomic mass is 10.0. The van der Waals surface area contributed by atoms with Crippen LogP contribution in [0.4, 0.5) is 8.78 Å². The molecule has 2 N–H and O–H groups in total. The predicted molar refractivity (Wildman–Crippen MR) is 56.3 cm³/mol. The summed E-state index contributed by atoms with van der Waals surface area (Å²) in [6, 6.07) is 1.85. The van der Waals surface area contributed by atoms with Crippen molar-refractivity contribution in [3.8, 4) is 0 Å². The van der Waals surface area contributed by atoms with Gasteiger partial charge >= 0.3 is 0 Å². The third kappa shape index (κ3) is 3.04. The number of aliphatic hydroxyl groups is 2. The second-order valence-electron chi connectivity index (χ2n) is 3.18. The first kappa shape index (κ1) is 13.7. The van der Waals surface area contributed by atoms with Crippen molar-refractivity contribution in [3.05, 3.63) is 44.8 Å². The van der Waals surface area contributed by atoms with Crippen molar-refractivity contribution in [3.63, 3.8) is 0 Å². The number of hydrogen-bond acceptors (Lipinski definition) is 3. The molecule has 0 heterocycles. The van der Waals surface area contributed by atoms with Crippen LogP contribution in [0.15, 0.2) is 17.2 Å². The molecule has 0 fully saturated rings. The van der Waals surface area contributed by atoms with Gasteiger partial charge in [0.2, 0.25) is 0 Å². The molecule has 0 radical (unpaired) electrons. The predicted octanol–water partition coefficient (Wildman–Crippen LogP) is 2.32. The first-order valence-corrected chi connectivity index (χ1v) is 4.87. The van der Waals surface area contributed by atoms with Gasteiger partial charge in [0, 0.05) is 4.91 Å². The van der Waals surface area contributed by atoms with Gasteiger partial charge in [-0.25, -0.2) is 8.78 Å². The smallest absolute Gasteiger partial charge is 0.150 e. The van der Waals surface area contributed by atoms with E-state index in [0.29, 0.717) is 0 Å². The van der Waals surface area contributed by atoms with Gasteiger partial charge in [-0.3, -0.25) is 0 Å². The largest absolute Gasteiger partial charge is 0.390 e. The van der Waals surface area contributed by atoms with Crippen molar-refractivity contribution >= 4 is 11.6 Å². The molecule has 0 saturated heterocycles. The Hall–Kier alpha value is -1.40. The van der Waals surface area contributed by atoms with Crippen molar-refractivity contribution in [1.82, 2.24) is 0 Å². The van der Waals surface area contributed by atoms with Crippen LogP contribution in [0.25, 0.3) is 10.4 Å². The van der Waals surface area contributed by atoms with Crippen molar-refractivity contribution in [1.29, 1.82) is 0 Å². The molecular formula is C9H8ClF2N3O2. The molecule has 2 unspecified atom stereocenters. The van der Waals surface area contributed by atoms with E-state index in [9.17, 15) is 19.0 Å². The number of halogens is 3. The molecule has 8 heteroatoms. The first-order chi connectivity index (χ1) is 7.99. The van der Waals surface area contributed by atoms with E-state index in [1.807, 2.05) is 0 Å². The molecule has 0 aliphatic carbocycles. The van der Waals surface area contributed by atoms with Crippen molar-refractivity contribution in [2.45, 2.75) is 12.2 Å². The number of rotatable bonds is 4. The molecule has 5 nitrogen and oxygen atoms in total. The second-order valence-corrected chi connectivity index (χ2v) is 3.59. The van der Waals surface area contributed by atoms with Crippen molar-refractivity contribution in [2.24, 2.45) is 5.11 Å². The van der Waals surface area contributed by atoms with E-state index < -0.39 is 36.0 Å². The highest BCUT2D eigenvalue weighted by Crippen LogP contribution is 2.28.